The summed E-state index contributed by atoms with van der Waals surface area (Å²) in [6, 6.07) is 7.11. The molecule has 0 spiro atoms. The Hall–Kier alpha value is -2.08. The highest BCUT2D eigenvalue weighted by atomic mass is 79.9. The quantitative estimate of drug-likeness (QED) is 0.920. The average molecular weight is 350 g/mol. The van der Waals surface area contributed by atoms with E-state index in [9.17, 15) is 4.79 Å². The molecule has 0 radical (unpaired) electrons. The number of carbonyl (C=O) groups is 1. The maximum atomic E-state index is 10.9. The molecule has 108 valence electrons. The van der Waals surface area contributed by atoms with Gasteiger partial charge in [0.05, 0.1) is 0 Å². The second-order valence-electron chi connectivity index (χ2n) is 4.79. The SMILES string of the molecule is Cc1cc(Oc2ccc3c(c2)OC(C(=O)O)C3)ncc1Br. The van der Waals surface area contributed by atoms with Gasteiger partial charge in [-0.3, -0.25) is 0 Å². The van der Waals surface area contributed by atoms with Gasteiger partial charge in [0.2, 0.25) is 5.88 Å². The molecule has 3 rings (SSSR count). The number of benzene rings is 1. The number of aromatic nitrogens is 1. The van der Waals surface area contributed by atoms with Crippen molar-refractivity contribution in [2.45, 2.75) is 19.4 Å². The molecule has 6 heteroatoms. The molecule has 1 aliphatic heterocycles. The van der Waals surface area contributed by atoms with Crippen LogP contribution in [-0.2, 0) is 11.2 Å². The highest BCUT2D eigenvalue weighted by Gasteiger charge is 2.29. The van der Waals surface area contributed by atoms with Gasteiger partial charge in [-0.15, -0.1) is 0 Å². The number of hydrogen-bond donors (Lipinski definition) is 1. The maximum Gasteiger partial charge on any atom is 0.345 e. The summed E-state index contributed by atoms with van der Waals surface area (Å²) < 4.78 is 12.0. The molecule has 1 unspecified atom stereocenters. The van der Waals surface area contributed by atoms with Crippen molar-refractivity contribution >= 4 is 21.9 Å². The van der Waals surface area contributed by atoms with Crippen LogP contribution in [0.15, 0.2) is 34.9 Å². The first-order chi connectivity index (χ1) is 10.0. The number of halogens is 1. The Morgan fingerprint density at radius 3 is 3.00 bits per heavy atom. The van der Waals surface area contributed by atoms with Gasteiger partial charge in [0, 0.05) is 29.2 Å². The molecule has 1 aromatic carbocycles. The van der Waals surface area contributed by atoms with Crippen LogP contribution in [0.2, 0.25) is 0 Å². The van der Waals surface area contributed by atoms with Crippen LogP contribution in [-0.4, -0.2) is 22.2 Å². The fourth-order valence-corrected chi connectivity index (χ4v) is 2.32. The Bertz CT molecular complexity index is 717. The van der Waals surface area contributed by atoms with Crippen LogP contribution in [0.1, 0.15) is 11.1 Å². The van der Waals surface area contributed by atoms with Crippen LogP contribution in [0, 0.1) is 6.92 Å². The molecule has 1 N–H and O–H groups in total. The Morgan fingerprint density at radius 2 is 2.29 bits per heavy atom. The molecule has 2 aromatic rings. The first kappa shape index (κ1) is 13.9. The number of aryl methyl sites for hydroxylation is 1. The second-order valence-corrected chi connectivity index (χ2v) is 5.65. The number of carboxylic acids is 1. The van der Waals surface area contributed by atoms with Crippen molar-refractivity contribution in [3.05, 3.63) is 46.1 Å². The van der Waals surface area contributed by atoms with Gasteiger partial charge in [-0.1, -0.05) is 6.07 Å². The van der Waals surface area contributed by atoms with E-state index in [2.05, 4.69) is 20.9 Å². The zero-order chi connectivity index (χ0) is 15.0. The number of aliphatic carboxylic acids is 1. The van der Waals surface area contributed by atoms with Crippen molar-refractivity contribution in [2.75, 3.05) is 0 Å². The van der Waals surface area contributed by atoms with Crippen LogP contribution in [0.3, 0.4) is 0 Å². The van der Waals surface area contributed by atoms with Crippen LogP contribution >= 0.6 is 15.9 Å². The third-order valence-electron chi connectivity index (χ3n) is 3.23. The van der Waals surface area contributed by atoms with Crippen LogP contribution in [0.4, 0.5) is 0 Å². The van der Waals surface area contributed by atoms with Crippen LogP contribution in [0.5, 0.6) is 17.4 Å². The number of pyridine rings is 1. The van der Waals surface area contributed by atoms with Gasteiger partial charge in [0.1, 0.15) is 11.5 Å². The Kier molecular flexibility index (Phi) is 3.55. The lowest BCUT2D eigenvalue weighted by Crippen LogP contribution is -2.24. The van der Waals surface area contributed by atoms with E-state index >= 15 is 0 Å². The Morgan fingerprint density at radius 1 is 1.48 bits per heavy atom. The molecular formula is C15H12BrNO4. The third-order valence-corrected chi connectivity index (χ3v) is 4.06. The van der Waals surface area contributed by atoms with E-state index in [0.717, 1.165) is 15.6 Å². The van der Waals surface area contributed by atoms with E-state index in [4.69, 9.17) is 14.6 Å². The van der Waals surface area contributed by atoms with Gasteiger partial charge in [0.25, 0.3) is 0 Å². The molecule has 1 atom stereocenters. The number of ether oxygens (including phenoxy) is 2. The molecule has 0 saturated heterocycles. The topological polar surface area (TPSA) is 68.7 Å². The number of fused-ring (bicyclic) bond motifs is 1. The minimum Gasteiger partial charge on any atom is -0.478 e. The molecule has 0 fully saturated rings. The fraction of sp³-hybridized carbons (Fsp3) is 0.200. The first-order valence-corrected chi connectivity index (χ1v) is 7.14. The second kappa shape index (κ2) is 5.37. The highest BCUT2D eigenvalue weighted by molar-refractivity contribution is 9.10. The number of carboxylic acid groups (broad SMARTS) is 1. The molecule has 1 aromatic heterocycles. The molecule has 0 aliphatic carbocycles. The zero-order valence-electron chi connectivity index (χ0n) is 11.2. The van der Waals surface area contributed by atoms with Crippen LogP contribution < -0.4 is 9.47 Å². The molecule has 0 bridgehead atoms. The summed E-state index contributed by atoms with van der Waals surface area (Å²) in [6.07, 6.45) is 1.23. The summed E-state index contributed by atoms with van der Waals surface area (Å²) >= 11 is 3.38. The van der Waals surface area contributed by atoms with Crippen LogP contribution in [0.25, 0.3) is 0 Å². The lowest BCUT2D eigenvalue weighted by molar-refractivity contribution is -0.144. The van der Waals surface area contributed by atoms with Crippen molar-refractivity contribution in [3.8, 4) is 17.4 Å². The number of rotatable bonds is 3. The predicted octanol–water partition coefficient (Wildman–Crippen LogP) is 3.33. The maximum absolute atomic E-state index is 10.9. The van der Waals surface area contributed by atoms with Gasteiger partial charge in [0.15, 0.2) is 6.10 Å². The van der Waals surface area contributed by atoms with Crippen molar-refractivity contribution in [1.82, 2.24) is 4.98 Å². The van der Waals surface area contributed by atoms with E-state index in [-0.39, 0.29) is 0 Å². The van der Waals surface area contributed by atoms with E-state index in [0.29, 0.717) is 23.8 Å². The van der Waals surface area contributed by atoms with Crippen molar-refractivity contribution < 1.29 is 19.4 Å². The molecular weight excluding hydrogens is 338 g/mol. The molecule has 5 nitrogen and oxygen atoms in total. The number of hydrogen-bond acceptors (Lipinski definition) is 4. The molecule has 0 saturated carbocycles. The molecule has 21 heavy (non-hydrogen) atoms. The van der Waals surface area contributed by atoms with Gasteiger partial charge < -0.3 is 14.6 Å². The summed E-state index contributed by atoms with van der Waals surface area (Å²) in [5, 5.41) is 8.98. The Balaban J connectivity index is 1.81. The van der Waals surface area contributed by atoms with Crippen molar-refractivity contribution in [1.29, 1.82) is 0 Å². The van der Waals surface area contributed by atoms with E-state index in [1.54, 1.807) is 18.3 Å². The van der Waals surface area contributed by atoms with E-state index in [1.165, 1.54) is 0 Å². The normalized spacial score (nSPS) is 16.2. The van der Waals surface area contributed by atoms with Crippen molar-refractivity contribution in [2.24, 2.45) is 0 Å². The summed E-state index contributed by atoms with van der Waals surface area (Å²) in [7, 11) is 0. The average Bonchev–Trinajstić information content (AvgIpc) is 2.86. The van der Waals surface area contributed by atoms with E-state index < -0.39 is 12.1 Å². The number of nitrogens with zero attached hydrogens (tertiary/aromatic N) is 1. The minimum absolute atomic E-state index is 0.376. The lowest BCUT2D eigenvalue weighted by Gasteiger charge is -2.08. The fourth-order valence-electron chi connectivity index (χ4n) is 2.10. The van der Waals surface area contributed by atoms with E-state index in [1.807, 2.05) is 19.1 Å². The smallest absolute Gasteiger partial charge is 0.345 e. The molecule has 1 aliphatic rings. The van der Waals surface area contributed by atoms with Gasteiger partial charge in [-0.2, -0.15) is 0 Å². The Labute approximate surface area is 129 Å². The third kappa shape index (κ3) is 2.85. The van der Waals surface area contributed by atoms with Gasteiger partial charge >= 0.3 is 5.97 Å². The van der Waals surface area contributed by atoms with Gasteiger partial charge in [-0.25, -0.2) is 9.78 Å². The summed E-state index contributed by atoms with van der Waals surface area (Å²) in [4.78, 5) is 15.1. The summed E-state index contributed by atoms with van der Waals surface area (Å²) in [5.41, 5.74) is 1.89. The minimum atomic E-state index is -0.959. The predicted molar refractivity (Wildman–Crippen MR) is 78.9 cm³/mol. The monoisotopic (exact) mass is 349 g/mol. The first-order valence-electron chi connectivity index (χ1n) is 6.35. The standard InChI is InChI=1S/C15H12BrNO4/c1-8-4-14(17-7-11(8)16)20-10-3-2-9-5-13(15(18)19)21-12(9)6-10/h2-4,6-7,13H,5H2,1H3,(H,18,19). The summed E-state index contributed by atoms with van der Waals surface area (Å²) in [6.45, 7) is 1.95. The summed E-state index contributed by atoms with van der Waals surface area (Å²) in [5.74, 6) is 0.630. The van der Waals surface area contributed by atoms with Gasteiger partial charge in [-0.05, 0) is 40.0 Å². The lowest BCUT2D eigenvalue weighted by atomic mass is 10.1. The molecule has 2 heterocycles. The largest absolute Gasteiger partial charge is 0.478 e. The zero-order valence-corrected chi connectivity index (χ0v) is 12.8. The highest BCUT2D eigenvalue weighted by Crippen LogP contribution is 2.34. The molecule has 0 amide bonds. The van der Waals surface area contributed by atoms with Crippen molar-refractivity contribution in [3.63, 3.8) is 0 Å².